The number of aliphatic hydroxyl groups is 1. The molecule has 0 amide bonds. The highest BCUT2D eigenvalue weighted by Crippen LogP contribution is 2.24. The van der Waals surface area contributed by atoms with E-state index in [-0.39, 0.29) is 0 Å². The van der Waals surface area contributed by atoms with Crippen LogP contribution in [0.1, 0.15) is 18.6 Å². The number of esters is 1. The van der Waals surface area contributed by atoms with Crippen LogP contribution in [0, 0.1) is 0 Å². The Morgan fingerprint density at radius 1 is 1.47 bits per heavy atom. The second-order valence-corrected chi connectivity index (χ2v) is 3.59. The summed E-state index contributed by atoms with van der Waals surface area (Å²) >= 11 is 0. The molecule has 1 rings (SSSR count). The number of nitrogens with two attached hydrogens (primary N) is 1. The standard InChI is InChI=1S/C11H15NO3/c1-11(12,10(14)15-2)9(13)8-6-4-3-5-7-8/h3-7,9,13H,12H2,1-2H3/t9-,11+/m0/s1. The monoisotopic (exact) mass is 209 g/mol. The van der Waals surface area contributed by atoms with Crippen LogP contribution in [-0.4, -0.2) is 23.7 Å². The minimum atomic E-state index is -1.43. The van der Waals surface area contributed by atoms with Crippen LogP contribution in [0.5, 0.6) is 0 Å². The van der Waals surface area contributed by atoms with E-state index in [1.807, 2.05) is 6.07 Å². The molecule has 0 bridgehead atoms. The normalized spacial score (nSPS) is 16.5. The van der Waals surface area contributed by atoms with Crippen LogP contribution in [0.15, 0.2) is 30.3 Å². The zero-order valence-corrected chi connectivity index (χ0v) is 8.81. The molecule has 0 unspecified atom stereocenters. The van der Waals surface area contributed by atoms with Gasteiger partial charge in [-0.1, -0.05) is 30.3 Å². The average Bonchev–Trinajstić information content (AvgIpc) is 2.28. The third kappa shape index (κ3) is 2.34. The summed E-state index contributed by atoms with van der Waals surface area (Å²) < 4.78 is 4.53. The quantitative estimate of drug-likeness (QED) is 0.715. The number of benzene rings is 1. The van der Waals surface area contributed by atoms with Gasteiger partial charge in [-0.25, -0.2) is 4.79 Å². The van der Waals surface area contributed by atoms with Gasteiger partial charge in [0, 0.05) is 0 Å². The molecule has 1 aromatic rings. The van der Waals surface area contributed by atoms with Crippen LogP contribution in [0.25, 0.3) is 0 Å². The summed E-state index contributed by atoms with van der Waals surface area (Å²) in [5.41, 5.74) is 4.88. The molecule has 3 N–H and O–H groups in total. The molecule has 15 heavy (non-hydrogen) atoms. The molecule has 4 heteroatoms. The molecule has 0 aromatic heterocycles. The second-order valence-electron chi connectivity index (χ2n) is 3.59. The number of hydrogen-bond donors (Lipinski definition) is 2. The van der Waals surface area contributed by atoms with Crippen LogP contribution in [0.3, 0.4) is 0 Å². The Labute approximate surface area is 88.7 Å². The molecule has 1 aromatic carbocycles. The fourth-order valence-corrected chi connectivity index (χ4v) is 1.31. The molecule has 0 saturated heterocycles. The van der Waals surface area contributed by atoms with Crippen LogP contribution < -0.4 is 5.73 Å². The van der Waals surface area contributed by atoms with E-state index in [1.54, 1.807) is 24.3 Å². The van der Waals surface area contributed by atoms with Crippen molar-refractivity contribution < 1.29 is 14.6 Å². The smallest absolute Gasteiger partial charge is 0.328 e. The molecule has 0 saturated carbocycles. The zero-order chi connectivity index (χ0) is 11.5. The van der Waals surface area contributed by atoms with Gasteiger partial charge >= 0.3 is 5.97 Å². The molecule has 0 fully saturated rings. The lowest BCUT2D eigenvalue weighted by molar-refractivity contribution is -0.151. The average molecular weight is 209 g/mol. The molecule has 0 aliphatic carbocycles. The maximum Gasteiger partial charge on any atom is 0.328 e. The predicted molar refractivity (Wildman–Crippen MR) is 56.0 cm³/mol. The Morgan fingerprint density at radius 2 is 2.00 bits per heavy atom. The van der Waals surface area contributed by atoms with Crippen LogP contribution in [-0.2, 0) is 9.53 Å². The van der Waals surface area contributed by atoms with Gasteiger partial charge in [-0.05, 0) is 12.5 Å². The Morgan fingerprint density at radius 3 is 2.47 bits per heavy atom. The number of aliphatic hydroxyl groups excluding tert-OH is 1. The highest BCUT2D eigenvalue weighted by molar-refractivity contribution is 5.81. The highest BCUT2D eigenvalue weighted by atomic mass is 16.5. The summed E-state index contributed by atoms with van der Waals surface area (Å²) in [4.78, 5) is 11.3. The number of carbonyl (C=O) groups excluding carboxylic acids is 1. The number of ether oxygens (including phenoxy) is 1. The summed E-state index contributed by atoms with van der Waals surface area (Å²) in [6.07, 6.45) is -1.08. The number of hydrogen-bond acceptors (Lipinski definition) is 4. The van der Waals surface area contributed by atoms with Crippen molar-refractivity contribution in [3.05, 3.63) is 35.9 Å². The van der Waals surface area contributed by atoms with Gasteiger partial charge in [-0.3, -0.25) is 0 Å². The van der Waals surface area contributed by atoms with E-state index in [1.165, 1.54) is 14.0 Å². The fraction of sp³-hybridized carbons (Fsp3) is 0.364. The summed E-state index contributed by atoms with van der Waals surface area (Å²) in [6, 6.07) is 8.78. The van der Waals surface area contributed by atoms with E-state index in [9.17, 15) is 9.90 Å². The Hall–Kier alpha value is -1.39. The van der Waals surface area contributed by atoms with Crippen molar-refractivity contribution >= 4 is 5.97 Å². The highest BCUT2D eigenvalue weighted by Gasteiger charge is 2.38. The van der Waals surface area contributed by atoms with Crippen molar-refractivity contribution in [2.45, 2.75) is 18.6 Å². The van der Waals surface area contributed by atoms with Gasteiger partial charge < -0.3 is 15.6 Å². The second kappa shape index (κ2) is 4.42. The molecular formula is C11H15NO3. The van der Waals surface area contributed by atoms with Gasteiger partial charge in [-0.15, -0.1) is 0 Å². The van der Waals surface area contributed by atoms with Gasteiger partial charge in [0.25, 0.3) is 0 Å². The SMILES string of the molecule is COC(=O)[C@](C)(N)[C@@H](O)c1ccccc1. The van der Waals surface area contributed by atoms with Gasteiger partial charge in [0.05, 0.1) is 7.11 Å². The largest absolute Gasteiger partial charge is 0.468 e. The van der Waals surface area contributed by atoms with E-state index in [0.29, 0.717) is 5.56 Å². The van der Waals surface area contributed by atoms with Gasteiger partial charge in [0.2, 0.25) is 0 Å². The lowest BCUT2D eigenvalue weighted by Gasteiger charge is -2.27. The van der Waals surface area contributed by atoms with Crippen LogP contribution in [0.2, 0.25) is 0 Å². The Bertz CT molecular complexity index is 335. The molecule has 4 nitrogen and oxygen atoms in total. The lowest BCUT2D eigenvalue weighted by atomic mass is 9.90. The van der Waals surface area contributed by atoms with Crippen LogP contribution >= 0.6 is 0 Å². The van der Waals surface area contributed by atoms with Crippen LogP contribution in [0.4, 0.5) is 0 Å². The topological polar surface area (TPSA) is 72.5 Å². The molecule has 0 aliphatic rings. The first-order valence-electron chi connectivity index (χ1n) is 4.60. The summed E-state index contributed by atoms with van der Waals surface area (Å²) in [5.74, 6) is -0.640. The van der Waals surface area contributed by atoms with E-state index < -0.39 is 17.6 Å². The molecule has 82 valence electrons. The minimum absolute atomic E-state index is 0.591. The molecular weight excluding hydrogens is 194 g/mol. The third-order valence-corrected chi connectivity index (χ3v) is 2.31. The summed E-state index contributed by atoms with van der Waals surface area (Å²) in [7, 11) is 1.24. The van der Waals surface area contributed by atoms with Crippen molar-refractivity contribution in [1.29, 1.82) is 0 Å². The van der Waals surface area contributed by atoms with Gasteiger partial charge in [0.1, 0.15) is 11.6 Å². The number of carbonyl (C=O) groups is 1. The third-order valence-electron chi connectivity index (χ3n) is 2.31. The lowest BCUT2D eigenvalue weighted by Crippen LogP contribution is -2.50. The maximum absolute atomic E-state index is 11.3. The minimum Gasteiger partial charge on any atom is -0.468 e. The molecule has 0 radical (unpaired) electrons. The Kier molecular flexibility index (Phi) is 3.44. The predicted octanol–water partition coefficient (Wildman–Crippen LogP) is 0.610. The maximum atomic E-state index is 11.3. The van der Waals surface area contributed by atoms with Crippen molar-refractivity contribution in [3.63, 3.8) is 0 Å². The molecule has 0 spiro atoms. The van der Waals surface area contributed by atoms with E-state index in [2.05, 4.69) is 4.74 Å². The van der Waals surface area contributed by atoms with Gasteiger partial charge in [-0.2, -0.15) is 0 Å². The molecule has 0 heterocycles. The summed E-state index contributed by atoms with van der Waals surface area (Å²) in [6.45, 7) is 1.44. The zero-order valence-electron chi connectivity index (χ0n) is 8.81. The van der Waals surface area contributed by atoms with E-state index in [0.717, 1.165) is 0 Å². The van der Waals surface area contributed by atoms with Gasteiger partial charge in [0.15, 0.2) is 0 Å². The van der Waals surface area contributed by atoms with Crippen molar-refractivity contribution in [2.75, 3.05) is 7.11 Å². The first-order valence-corrected chi connectivity index (χ1v) is 4.60. The Balaban J connectivity index is 2.94. The number of methoxy groups -OCH3 is 1. The van der Waals surface area contributed by atoms with Crippen molar-refractivity contribution in [2.24, 2.45) is 5.73 Å². The first-order chi connectivity index (χ1) is 7.00. The van der Waals surface area contributed by atoms with Crippen molar-refractivity contribution in [3.8, 4) is 0 Å². The summed E-state index contributed by atoms with van der Waals surface area (Å²) in [5, 5.41) is 9.92. The van der Waals surface area contributed by atoms with E-state index >= 15 is 0 Å². The molecule has 2 atom stereocenters. The van der Waals surface area contributed by atoms with E-state index in [4.69, 9.17) is 5.73 Å². The molecule has 0 aliphatic heterocycles. The fourth-order valence-electron chi connectivity index (χ4n) is 1.31. The first kappa shape index (κ1) is 11.7. The number of rotatable bonds is 3. The van der Waals surface area contributed by atoms with Crippen molar-refractivity contribution in [1.82, 2.24) is 0 Å².